The Morgan fingerprint density at radius 1 is 1.60 bits per heavy atom. The van der Waals surface area contributed by atoms with Gasteiger partial charge in [-0.05, 0) is 0 Å². The maximum atomic E-state index is 12.5. The lowest BCUT2D eigenvalue weighted by atomic mass is 10.2. The van der Waals surface area contributed by atoms with E-state index in [9.17, 15) is 18.4 Å². The van der Waals surface area contributed by atoms with E-state index >= 15 is 0 Å². The highest BCUT2D eigenvalue weighted by Crippen LogP contribution is 2.19. The lowest BCUT2D eigenvalue weighted by molar-refractivity contribution is 0.0585. The fourth-order valence-electron chi connectivity index (χ4n) is 1.08. The van der Waals surface area contributed by atoms with Gasteiger partial charge >= 0.3 is 5.97 Å². The highest BCUT2D eigenvalue weighted by molar-refractivity contribution is 5.90. The molecule has 0 saturated carbocycles. The number of alkyl halides is 2. The third kappa shape index (κ3) is 2.12. The molecule has 0 atom stereocenters. The van der Waals surface area contributed by atoms with Gasteiger partial charge in [-0.3, -0.25) is 4.79 Å². The predicted molar refractivity (Wildman–Crippen MR) is 47.8 cm³/mol. The molecule has 1 aromatic heterocycles. The van der Waals surface area contributed by atoms with E-state index in [0.717, 1.165) is 13.2 Å². The van der Waals surface area contributed by atoms with Crippen LogP contribution in [0.5, 0.6) is 0 Å². The number of esters is 1. The van der Waals surface area contributed by atoms with Crippen LogP contribution < -0.4 is 11.2 Å². The Morgan fingerprint density at radius 3 is 2.67 bits per heavy atom. The number of nitrogens with one attached hydrogen (secondary N) is 1. The Bertz CT molecular complexity index is 442. The number of rotatable bonds is 2. The summed E-state index contributed by atoms with van der Waals surface area (Å²) in [5.41, 5.74) is 2.72. The van der Waals surface area contributed by atoms with E-state index in [1.807, 2.05) is 0 Å². The average Bonchev–Trinajstić information content (AvgIpc) is 2.15. The summed E-state index contributed by atoms with van der Waals surface area (Å²) in [6.07, 6.45) is -3.00. The summed E-state index contributed by atoms with van der Waals surface area (Å²) >= 11 is 0. The summed E-state index contributed by atoms with van der Waals surface area (Å²) < 4.78 is 29.1. The van der Waals surface area contributed by atoms with E-state index in [0.29, 0.717) is 0 Å². The number of aromatic nitrogens is 1. The lowest BCUT2D eigenvalue weighted by Crippen LogP contribution is -2.21. The zero-order valence-corrected chi connectivity index (χ0v) is 7.71. The zero-order valence-electron chi connectivity index (χ0n) is 7.71. The number of H-pyrrole nitrogens is 1. The van der Waals surface area contributed by atoms with Gasteiger partial charge in [-0.25, -0.2) is 13.6 Å². The quantitative estimate of drug-likeness (QED) is 0.715. The number of carbonyl (C=O) groups is 1. The summed E-state index contributed by atoms with van der Waals surface area (Å²) in [5, 5.41) is 0. The molecular weight excluding hydrogens is 210 g/mol. The van der Waals surface area contributed by atoms with Gasteiger partial charge in [-0.15, -0.1) is 0 Å². The van der Waals surface area contributed by atoms with Crippen LogP contribution in [-0.2, 0) is 4.74 Å². The van der Waals surface area contributed by atoms with Gasteiger partial charge in [0.2, 0.25) is 0 Å². The van der Waals surface area contributed by atoms with Crippen molar-refractivity contribution in [3.63, 3.8) is 0 Å². The number of halogens is 2. The molecule has 0 aliphatic carbocycles. The first-order valence-corrected chi connectivity index (χ1v) is 3.86. The van der Waals surface area contributed by atoms with E-state index in [1.165, 1.54) is 0 Å². The molecule has 15 heavy (non-hydrogen) atoms. The van der Waals surface area contributed by atoms with Crippen LogP contribution in [-0.4, -0.2) is 18.1 Å². The van der Waals surface area contributed by atoms with E-state index < -0.39 is 29.1 Å². The molecule has 0 amide bonds. The molecule has 1 rings (SSSR count). The molecule has 3 N–H and O–H groups in total. The maximum Gasteiger partial charge on any atom is 0.343 e. The predicted octanol–water partition coefficient (Wildman–Crippen LogP) is 0.681. The molecule has 7 heteroatoms. The van der Waals surface area contributed by atoms with Crippen LogP contribution in [0.15, 0.2) is 10.9 Å². The Morgan fingerprint density at radius 2 is 2.20 bits per heavy atom. The molecule has 0 bridgehead atoms. The minimum absolute atomic E-state index is 0.233. The molecule has 5 nitrogen and oxygen atoms in total. The SMILES string of the molecule is COC(=O)c1c(C(F)F)[nH]c(N)cc1=O. The normalized spacial score (nSPS) is 10.4. The highest BCUT2D eigenvalue weighted by atomic mass is 19.3. The third-order valence-electron chi connectivity index (χ3n) is 1.69. The summed E-state index contributed by atoms with van der Waals surface area (Å²) in [4.78, 5) is 24.3. The molecule has 0 saturated heterocycles. The van der Waals surface area contributed by atoms with Crippen molar-refractivity contribution in [1.29, 1.82) is 0 Å². The van der Waals surface area contributed by atoms with Crippen molar-refractivity contribution in [2.45, 2.75) is 6.43 Å². The highest BCUT2D eigenvalue weighted by Gasteiger charge is 2.23. The smallest absolute Gasteiger partial charge is 0.343 e. The minimum Gasteiger partial charge on any atom is -0.465 e. The molecule has 0 fully saturated rings. The monoisotopic (exact) mass is 218 g/mol. The second-order valence-electron chi connectivity index (χ2n) is 2.67. The molecule has 0 aliphatic rings. The van der Waals surface area contributed by atoms with Crippen LogP contribution in [0.1, 0.15) is 22.5 Å². The Hall–Kier alpha value is -1.92. The number of hydrogen-bond acceptors (Lipinski definition) is 4. The van der Waals surface area contributed by atoms with Crippen LogP contribution in [0.4, 0.5) is 14.6 Å². The van der Waals surface area contributed by atoms with Gasteiger partial charge in [0, 0.05) is 6.07 Å². The topological polar surface area (TPSA) is 85.2 Å². The molecular formula is C8H8F2N2O3. The fraction of sp³-hybridized carbons (Fsp3) is 0.250. The van der Waals surface area contributed by atoms with Gasteiger partial charge in [-0.1, -0.05) is 0 Å². The van der Waals surface area contributed by atoms with Crippen molar-refractivity contribution in [1.82, 2.24) is 4.98 Å². The third-order valence-corrected chi connectivity index (χ3v) is 1.69. The second kappa shape index (κ2) is 4.07. The van der Waals surface area contributed by atoms with Crippen LogP contribution in [0.25, 0.3) is 0 Å². The van der Waals surface area contributed by atoms with E-state index in [2.05, 4.69) is 9.72 Å². The number of pyridine rings is 1. The Balaban J connectivity index is 3.47. The Kier molecular flexibility index (Phi) is 3.03. The van der Waals surface area contributed by atoms with Gasteiger partial charge < -0.3 is 15.5 Å². The molecule has 0 aromatic carbocycles. The molecule has 1 aromatic rings. The van der Waals surface area contributed by atoms with Crippen LogP contribution >= 0.6 is 0 Å². The van der Waals surface area contributed by atoms with Crippen molar-refractivity contribution in [3.05, 3.63) is 27.5 Å². The first kappa shape index (κ1) is 11.2. The van der Waals surface area contributed by atoms with Gasteiger partial charge in [0.15, 0.2) is 5.43 Å². The van der Waals surface area contributed by atoms with E-state index in [-0.39, 0.29) is 5.82 Å². The van der Waals surface area contributed by atoms with Gasteiger partial charge in [-0.2, -0.15) is 0 Å². The molecule has 0 spiro atoms. The minimum atomic E-state index is -3.00. The Labute approximate surface area is 82.9 Å². The zero-order chi connectivity index (χ0) is 11.6. The number of nitrogens with two attached hydrogens (primary N) is 1. The number of methoxy groups -OCH3 is 1. The summed E-state index contributed by atoms with van der Waals surface area (Å²) in [7, 11) is 0.993. The number of ether oxygens (including phenoxy) is 1. The van der Waals surface area contributed by atoms with Crippen molar-refractivity contribution >= 4 is 11.8 Å². The largest absolute Gasteiger partial charge is 0.465 e. The van der Waals surface area contributed by atoms with Gasteiger partial charge in [0.25, 0.3) is 6.43 Å². The first-order valence-electron chi connectivity index (χ1n) is 3.86. The number of nitrogen functional groups attached to an aromatic ring is 1. The van der Waals surface area contributed by atoms with Crippen molar-refractivity contribution in [2.24, 2.45) is 0 Å². The van der Waals surface area contributed by atoms with Crippen molar-refractivity contribution in [2.75, 3.05) is 12.8 Å². The summed E-state index contributed by atoms with van der Waals surface area (Å²) in [6, 6.07) is 0.845. The molecule has 0 radical (unpaired) electrons. The standard InChI is InChI=1S/C8H8F2N2O3/c1-15-8(14)5-3(13)2-4(11)12-6(5)7(9)10/h2,7H,1H3,(H3,11,12,13). The number of anilines is 1. The number of carbonyl (C=O) groups excluding carboxylic acids is 1. The maximum absolute atomic E-state index is 12.5. The number of hydrogen-bond donors (Lipinski definition) is 2. The van der Waals surface area contributed by atoms with Crippen LogP contribution in [0.3, 0.4) is 0 Å². The molecule has 82 valence electrons. The summed E-state index contributed by atoms with van der Waals surface area (Å²) in [6.45, 7) is 0. The van der Waals surface area contributed by atoms with Gasteiger partial charge in [0.05, 0.1) is 7.11 Å². The van der Waals surface area contributed by atoms with E-state index in [1.54, 1.807) is 0 Å². The van der Waals surface area contributed by atoms with E-state index in [4.69, 9.17) is 5.73 Å². The second-order valence-corrected chi connectivity index (χ2v) is 2.67. The van der Waals surface area contributed by atoms with Gasteiger partial charge in [0.1, 0.15) is 17.1 Å². The number of aromatic amines is 1. The van der Waals surface area contributed by atoms with Crippen LogP contribution in [0, 0.1) is 0 Å². The molecule has 1 heterocycles. The first-order chi connectivity index (χ1) is 6.97. The molecule has 0 unspecified atom stereocenters. The van der Waals surface area contributed by atoms with Crippen molar-refractivity contribution < 1.29 is 18.3 Å². The molecule has 0 aliphatic heterocycles. The summed E-state index contributed by atoms with van der Waals surface area (Å²) in [5.74, 6) is -1.35. The van der Waals surface area contributed by atoms with Crippen molar-refractivity contribution in [3.8, 4) is 0 Å². The average molecular weight is 218 g/mol. The van der Waals surface area contributed by atoms with Crippen LogP contribution in [0.2, 0.25) is 0 Å². The lowest BCUT2D eigenvalue weighted by Gasteiger charge is -2.07. The fourth-order valence-corrected chi connectivity index (χ4v) is 1.08.